The van der Waals surface area contributed by atoms with Gasteiger partial charge < -0.3 is 14.8 Å². The molecule has 0 radical (unpaired) electrons. The zero-order valence-electron chi connectivity index (χ0n) is 12.5. The average Bonchev–Trinajstić information content (AvgIpc) is 3.15. The summed E-state index contributed by atoms with van der Waals surface area (Å²) < 4.78 is 10.8. The minimum atomic E-state index is 0.342. The maximum atomic E-state index is 5.42. The van der Waals surface area contributed by atoms with Gasteiger partial charge in [0, 0.05) is 17.0 Å². The van der Waals surface area contributed by atoms with Crippen LogP contribution >= 0.6 is 11.3 Å². The molecule has 0 fully saturated rings. The topological polar surface area (TPSA) is 30.5 Å². The van der Waals surface area contributed by atoms with Crippen molar-refractivity contribution < 1.29 is 9.47 Å². The molecule has 1 aromatic carbocycles. The lowest BCUT2D eigenvalue weighted by Crippen LogP contribution is -2.28. The third-order valence-electron chi connectivity index (χ3n) is 3.81. The first kappa shape index (κ1) is 14.4. The molecule has 3 rings (SSSR count). The summed E-state index contributed by atoms with van der Waals surface area (Å²) in [6, 6.07) is 11.4. The number of hydrogen-bond donors (Lipinski definition) is 1. The molecule has 2 unspecified atom stereocenters. The number of fused-ring (bicyclic) bond motifs is 1. The standard InChI is InChI=1S/C17H21NO2S/c1-12(18-13(2)17-4-3-9-21-17)5-6-14-7-8-15-16(10-14)20-11-19-15/h3-4,7-10,12-13,18H,5-6,11H2,1-2H3. The van der Waals surface area contributed by atoms with Gasteiger partial charge in [-0.25, -0.2) is 0 Å². The first-order valence-electron chi connectivity index (χ1n) is 7.40. The van der Waals surface area contributed by atoms with E-state index in [4.69, 9.17) is 9.47 Å². The van der Waals surface area contributed by atoms with Crippen molar-refractivity contribution in [2.45, 2.75) is 38.8 Å². The van der Waals surface area contributed by atoms with Gasteiger partial charge in [-0.2, -0.15) is 0 Å². The van der Waals surface area contributed by atoms with Gasteiger partial charge in [0.05, 0.1) is 0 Å². The molecular formula is C17H21NO2S. The first-order chi connectivity index (χ1) is 10.2. The second kappa shape index (κ2) is 6.50. The van der Waals surface area contributed by atoms with E-state index in [-0.39, 0.29) is 0 Å². The molecule has 0 saturated heterocycles. The second-order valence-corrected chi connectivity index (χ2v) is 6.51. The number of hydrogen-bond acceptors (Lipinski definition) is 4. The summed E-state index contributed by atoms with van der Waals surface area (Å²) in [7, 11) is 0. The fraction of sp³-hybridized carbons (Fsp3) is 0.412. The van der Waals surface area contributed by atoms with Crippen LogP contribution in [0.1, 0.15) is 36.8 Å². The predicted molar refractivity (Wildman–Crippen MR) is 86.2 cm³/mol. The van der Waals surface area contributed by atoms with Crippen LogP contribution in [0.25, 0.3) is 0 Å². The normalized spacial score (nSPS) is 15.9. The van der Waals surface area contributed by atoms with Gasteiger partial charge in [-0.3, -0.25) is 0 Å². The molecule has 3 nitrogen and oxygen atoms in total. The van der Waals surface area contributed by atoms with Gasteiger partial charge in [0.25, 0.3) is 0 Å². The summed E-state index contributed by atoms with van der Waals surface area (Å²) in [5.41, 5.74) is 1.30. The summed E-state index contributed by atoms with van der Waals surface area (Å²) >= 11 is 1.81. The van der Waals surface area contributed by atoms with Crippen molar-refractivity contribution in [3.05, 3.63) is 46.2 Å². The van der Waals surface area contributed by atoms with Gasteiger partial charge in [-0.1, -0.05) is 12.1 Å². The van der Waals surface area contributed by atoms with Crippen molar-refractivity contribution in [3.63, 3.8) is 0 Å². The fourth-order valence-corrected chi connectivity index (χ4v) is 3.35. The molecule has 0 saturated carbocycles. The summed E-state index contributed by atoms with van der Waals surface area (Å²) in [4.78, 5) is 1.39. The molecule has 0 aliphatic carbocycles. The molecular weight excluding hydrogens is 282 g/mol. The van der Waals surface area contributed by atoms with Crippen LogP contribution < -0.4 is 14.8 Å². The largest absolute Gasteiger partial charge is 0.454 e. The molecule has 1 aliphatic heterocycles. The van der Waals surface area contributed by atoms with E-state index < -0.39 is 0 Å². The molecule has 2 heterocycles. The van der Waals surface area contributed by atoms with Crippen LogP contribution in [0.5, 0.6) is 11.5 Å². The van der Waals surface area contributed by atoms with E-state index in [0.717, 1.165) is 24.3 Å². The van der Waals surface area contributed by atoms with E-state index >= 15 is 0 Å². The maximum Gasteiger partial charge on any atom is 0.231 e. The zero-order chi connectivity index (χ0) is 14.7. The Morgan fingerprint density at radius 2 is 2.05 bits per heavy atom. The molecule has 0 amide bonds. The van der Waals surface area contributed by atoms with E-state index in [1.54, 1.807) is 0 Å². The lowest BCUT2D eigenvalue weighted by atomic mass is 10.0. The Labute approximate surface area is 129 Å². The smallest absolute Gasteiger partial charge is 0.231 e. The molecule has 1 aromatic heterocycles. The quantitative estimate of drug-likeness (QED) is 0.869. The minimum absolute atomic E-state index is 0.342. The first-order valence-corrected chi connectivity index (χ1v) is 8.28. The summed E-state index contributed by atoms with van der Waals surface area (Å²) in [5.74, 6) is 1.73. The van der Waals surface area contributed by atoms with Crippen LogP contribution in [0.4, 0.5) is 0 Å². The number of aryl methyl sites for hydroxylation is 1. The van der Waals surface area contributed by atoms with Crippen LogP contribution in [0.2, 0.25) is 0 Å². The number of rotatable bonds is 6. The van der Waals surface area contributed by atoms with E-state index in [0.29, 0.717) is 18.9 Å². The average molecular weight is 303 g/mol. The Bertz CT molecular complexity index is 582. The van der Waals surface area contributed by atoms with Crippen molar-refractivity contribution in [2.75, 3.05) is 6.79 Å². The van der Waals surface area contributed by atoms with E-state index in [2.05, 4.69) is 48.8 Å². The lowest BCUT2D eigenvalue weighted by Gasteiger charge is -2.19. The molecule has 1 N–H and O–H groups in total. The monoisotopic (exact) mass is 303 g/mol. The van der Waals surface area contributed by atoms with Gasteiger partial charge in [0.1, 0.15) is 0 Å². The molecule has 4 heteroatoms. The third kappa shape index (κ3) is 3.57. The molecule has 0 bridgehead atoms. The van der Waals surface area contributed by atoms with Crippen LogP contribution in [0.3, 0.4) is 0 Å². The van der Waals surface area contributed by atoms with Crippen molar-refractivity contribution >= 4 is 11.3 Å². The number of ether oxygens (including phenoxy) is 2. The highest BCUT2D eigenvalue weighted by molar-refractivity contribution is 7.10. The Balaban J connectivity index is 1.50. The van der Waals surface area contributed by atoms with E-state index in [1.165, 1.54) is 10.4 Å². The van der Waals surface area contributed by atoms with Gasteiger partial charge >= 0.3 is 0 Å². The van der Waals surface area contributed by atoms with Crippen LogP contribution in [-0.4, -0.2) is 12.8 Å². The zero-order valence-corrected chi connectivity index (χ0v) is 13.3. The molecule has 2 atom stereocenters. The third-order valence-corrected chi connectivity index (χ3v) is 4.86. The molecule has 112 valence electrons. The highest BCUT2D eigenvalue weighted by atomic mass is 32.1. The summed E-state index contributed by atoms with van der Waals surface area (Å²) in [6.07, 6.45) is 2.15. The Kier molecular flexibility index (Phi) is 4.46. The van der Waals surface area contributed by atoms with E-state index in [1.807, 2.05) is 17.4 Å². The van der Waals surface area contributed by atoms with E-state index in [9.17, 15) is 0 Å². The number of thiophene rings is 1. The van der Waals surface area contributed by atoms with Crippen molar-refractivity contribution in [1.29, 1.82) is 0 Å². The van der Waals surface area contributed by atoms with Crippen LogP contribution in [-0.2, 0) is 6.42 Å². The van der Waals surface area contributed by atoms with Crippen molar-refractivity contribution in [3.8, 4) is 11.5 Å². The van der Waals surface area contributed by atoms with Gasteiger partial charge in [-0.15, -0.1) is 11.3 Å². The highest BCUT2D eigenvalue weighted by Gasteiger charge is 2.14. The van der Waals surface area contributed by atoms with Crippen LogP contribution in [0, 0.1) is 0 Å². The Morgan fingerprint density at radius 1 is 1.19 bits per heavy atom. The predicted octanol–water partition coefficient (Wildman–Crippen LogP) is 4.15. The van der Waals surface area contributed by atoms with Crippen LogP contribution in [0.15, 0.2) is 35.7 Å². The molecule has 21 heavy (non-hydrogen) atoms. The van der Waals surface area contributed by atoms with Gasteiger partial charge in [-0.05, 0) is 55.8 Å². The second-order valence-electron chi connectivity index (χ2n) is 5.53. The number of benzene rings is 1. The SMILES string of the molecule is CC(CCc1ccc2c(c1)OCO2)NC(C)c1cccs1. The maximum absolute atomic E-state index is 5.42. The van der Waals surface area contributed by atoms with Gasteiger partial charge in [0.15, 0.2) is 11.5 Å². The molecule has 1 aliphatic rings. The number of nitrogens with one attached hydrogen (secondary N) is 1. The summed E-state index contributed by atoms with van der Waals surface area (Å²) in [5, 5.41) is 5.79. The molecule has 2 aromatic rings. The highest BCUT2D eigenvalue weighted by Crippen LogP contribution is 2.32. The summed E-state index contributed by atoms with van der Waals surface area (Å²) in [6.45, 7) is 4.81. The Morgan fingerprint density at radius 3 is 2.86 bits per heavy atom. The minimum Gasteiger partial charge on any atom is -0.454 e. The molecule has 0 spiro atoms. The Hall–Kier alpha value is -1.52. The van der Waals surface area contributed by atoms with Gasteiger partial charge in [0.2, 0.25) is 6.79 Å². The fourth-order valence-electron chi connectivity index (χ4n) is 2.61. The van der Waals surface area contributed by atoms with Crippen molar-refractivity contribution in [1.82, 2.24) is 5.32 Å². The van der Waals surface area contributed by atoms with Crippen molar-refractivity contribution in [2.24, 2.45) is 0 Å². The lowest BCUT2D eigenvalue weighted by molar-refractivity contribution is 0.174.